The lowest BCUT2D eigenvalue weighted by molar-refractivity contribution is 0.0437. The fraction of sp³-hybridized carbons (Fsp3) is 0.389. The van der Waals surface area contributed by atoms with Crippen LogP contribution in [0.1, 0.15) is 40.1 Å². The van der Waals surface area contributed by atoms with E-state index < -0.39 is 16.0 Å². The van der Waals surface area contributed by atoms with Crippen molar-refractivity contribution in [3.05, 3.63) is 46.7 Å². The monoisotopic (exact) mass is 379 g/mol. The number of aryl methyl sites for hydroxylation is 2. The summed E-state index contributed by atoms with van der Waals surface area (Å²) in [6.45, 7) is -0.224. The fourth-order valence-corrected chi connectivity index (χ4v) is 3.72. The largest absolute Gasteiger partial charge is 0.507 e. The van der Waals surface area contributed by atoms with Gasteiger partial charge in [-0.1, -0.05) is 0 Å². The van der Waals surface area contributed by atoms with Crippen molar-refractivity contribution in [2.75, 3.05) is 14.1 Å². The number of carbonyl (C=O) groups is 1. The van der Waals surface area contributed by atoms with E-state index in [1.807, 2.05) is 0 Å². The molecular weight excluding hydrogens is 358 g/mol. The van der Waals surface area contributed by atoms with Crippen molar-refractivity contribution in [2.24, 2.45) is 0 Å². The molecule has 8 heteroatoms. The lowest BCUT2D eigenvalue weighted by Crippen LogP contribution is -2.21. The fourth-order valence-electron chi connectivity index (χ4n) is 2.91. The van der Waals surface area contributed by atoms with Gasteiger partial charge in [0, 0.05) is 14.1 Å². The number of fused-ring (bicyclic) bond motifs is 1. The Balaban J connectivity index is 1.71. The third kappa shape index (κ3) is 3.61. The molecule has 0 amide bonds. The number of carbonyl (C=O) groups excluding carboxylic acids is 1. The van der Waals surface area contributed by atoms with E-state index in [1.165, 1.54) is 26.2 Å². The van der Waals surface area contributed by atoms with Crippen molar-refractivity contribution in [3.8, 4) is 5.75 Å². The Hall–Kier alpha value is -2.32. The smallest absolute Gasteiger partial charge is 0.342 e. The van der Waals surface area contributed by atoms with Crippen LogP contribution in [0.15, 0.2) is 33.8 Å². The third-order valence-electron chi connectivity index (χ3n) is 4.40. The summed E-state index contributed by atoms with van der Waals surface area (Å²) in [6.07, 6.45) is 3.91. The maximum atomic E-state index is 12.3. The minimum atomic E-state index is -3.68. The number of benzene rings is 1. The van der Waals surface area contributed by atoms with Crippen molar-refractivity contribution in [3.63, 3.8) is 0 Å². The summed E-state index contributed by atoms with van der Waals surface area (Å²) in [6, 6.07) is 6.06. The first-order valence-corrected chi connectivity index (χ1v) is 9.76. The number of hydrogen-bond donors (Lipinski definition) is 1. The minimum Gasteiger partial charge on any atom is -0.507 e. The molecule has 1 aliphatic rings. The molecule has 1 aliphatic carbocycles. The number of sulfonamides is 1. The molecule has 1 aromatic carbocycles. The number of ether oxygens (including phenoxy) is 1. The van der Waals surface area contributed by atoms with Crippen LogP contribution >= 0.6 is 0 Å². The van der Waals surface area contributed by atoms with Crippen LogP contribution in [-0.4, -0.2) is 37.9 Å². The van der Waals surface area contributed by atoms with Crippen LogP contribution in [0, 0.1) is 0 Å². The molecule has 1 aromatic heterocycles. The van der Waals surface area contributed by atoms with E-state index in [-0.39, 0.29) is 28.8 Å². The maximum absolute atomic E-state index is 12.3. The van der Waals surface area contributed by atoms with Gasteiger partial charge < -0.3 is 14.3 Å². The van der Waals surface area contributed by atoms with Gasteiger partial charge in [-0.05, 0) is 61.1 Å². The molecule has 1 heterocycles. The van der Waals surface area contributed by atoms with E-state index in [1.54, 1.807) is 12.1 Å². The second kappa shape index (κ2) is 7.13. The number of esters is 1. The molecule has 0 saturated heterocycles. The van der Waals surface area contributed by atoms with Crippen molar-refractivity contribution in [2.45, 2.75) is 37.4 Å². The summed E-state index contributed by atoms with van der Waals surface area (Å²) < 4.78 is 35.4. The number of aromatic hydroxyl groups is 1. The average Bonchev–Trinajstić information content (AvgIpc) is 3.08. The molecule has 0 radical (unpaired) electrons. The van der Waals surface area contributed by atoms with E-state index in [4.69, 9.17) is 9.15 Å². The summed E-state index contributed by atoms with van der Waals surface area (Å²) >= 11 is 0. The number of furan rings is 1. The van der Waals surface area contributed by atoms with Crippen molar-refractivity contribution >= 4 is 16.0 Å². The highest BCUT2D eigenvalue weighted by Gasteiger charge is 2.23. The van der Waals surface area contributed by atoms with Gasteiger partial charge in [-0.25, -0.2) is 17.5 Å². The highest BCUT2D eigenvalue weighted by molar-refractivity contribution is 7.88. The van der Waals surface area contributed by atoms with Gasteiger partial charge in [0.25, 0.3) is 10.0 Å². The number of phenolic OH excluding ortho intramolecular Hbond substituents is 1. The first-order chi connectivity index (χ1) is 12.3. The van der Waals surface area contributed by atoms with Gasteiger partial charge in [-0.2, -0.15) is 0 Å². The topological polar surface area (TPSA) is 97.0 Å². The van der Waals surface area contributed by atoms with Crippen LogP contribution in [0.5, 0.6) is 5.75 Å². The predicted octanol–water partition coefficient (Wildman–Crippen LogP) is 2.47. The zero-order valence-corrected chi connectivity index (χ0v) is 15.5. The molecule has 0 saturated carbocycles. The third-order valence-corrected chi connectivity index (χ3v) is 6.09. The van der Waals surface area contributed by atoms with Crippen LogP contribution < -0.4 is 0 Å². The molecule has 7 nitrogen and oxygen atoms in total. The summed E-state index contributed by atoms with van der Waals surface area (Å²) in [7, 11) is -0.879. The van der Waals surface area contributed by atoms with Crippen LogP contribution in [0.4, 0.5) is 0 Å². The summed E-state index contributed by atoms with van der Waals surface area (Å²) in [5, 5.41) is 9.88. The van der Waals surface area contributed by atoms with Crippen LogP contribution in [0.25, 0.3) is 0 Å². The lowest BCUT2D eigenvalue weighted by Gasteiger charge is -2.17. The Morgan fingerprint density at radius 2 is 1.85 bits per heavy atom. The van der Waals surface area contributed by atoms with E-state index >= 15 is 0 Å². The number of phenols is 1. The van der Waals surface area contributed by atoms with Gasteiger partial charge in [0.1, 0.15) is 23.7 Å². The van der Waals surface area contributed by atoms with Gasteiger partial charge >= 0.3 is 5.97 Å². The summed E-state index contributed by atoms with van der Waals surface area (Å²) in [4.78, 5) is 12.3. The molecule has 140 valence electrons. The Kier molecular flexibility index (Phi) is 5.06. The molecule has 1 N–H and O–H groups in total. The predicted molar refractivity (Wildman–Crippen MR) is 93.4 cm³/mol. The van der Waals surface area contributed by atoms with Gasteiger partial charge in [0.2, 0.25) is 5.09 Å². The molecule has 0 bridgehead atoms. The molecule has 2 aromatic rings. The Labute approximate surface area is 152 Å². The molecule has 0 aliphatic heterocycles. The summed E-state index contributed by atoms with van der Waals surface area (Å²) in [5.41, 5.74) is 2.23. The maximum Gasteiger partial charge on any atom is 0.342 e. The standard InChI is InChI=1S/C18H21NO6S/c1-19(2)26(22,23)17-8-7-14(25-17)11-24-18(21)15-9-12-5-3-4-6-13(12)10-16(15)20/h7-10,20H,3-6,11H2,1-2H3. The first-order valence-electron chi connectivity index (χ1n) is 8.32. The molecular formula is C18H21NO6S. The lowest BCUT2D eigenvalue weighted by atomic mass is 9.90. The van der Waals surface area contributed by atoms with Gasteiger partial charge in [-0.3, -0.25) is 0 Å². The minimum absolute atomic E-state index is 0.106. The van der Waals surface area contributed by atoms with E-state index in [0.717, 1.165) is 41.1 Å². The highest BCUT2D eigenvalue weighted by atomic mass is 32.2. The number of rotatable bonds is 5. The van der Waals surface area contributed by atoms with E-state index in [2.05, 4.69) is 0 Å². The van der Waals surface area contributed by atoms with Gasteiger partial charge in [0.05, 0.1) is 0 Å². The van der Waals surface area contributed by atoms with Crippen LogP contribution in [0.2, 0.25) is 0 Å². The first kappa shape index (κ1) is 18.5. The highest BCUT2D eigenvalue weighted by Crippen LogP contribution is 2.29. The zero-order chi connectivity index (χ0) is 18.9. The molecule has 3 rings (SSSR count). The van der Waals surface area contributed by atoms with Crippen LogP contribution in [-0.2, 0) is 34.2 Å². The van der Waals surface area contributed by atoms with Crippen molar-refractivity contribution in [1.82, 2.24) is 4.31 Å². The van der Waals surface area contributed by atoms with Crippen molar-refractivity contribution < 1.29 is 27.5 Å². The molecule has 26 heavy (non-hydrogen) atoms. The van der Waals surface area contributed by atoms with E-state index in [9.17, 15) is 18.3 Å². The Bertz CT molecular complexity index is 929. The molecule has 0 spiro atoms. The van der Waals surface area contributed by atoms with Crippen molar-refractivity contribution in [1.29, 1.82) is 0 Å². The summed E-state index contributed by atoms with van der Waals surface area (Å²) in [5.74, 6) is -0.577. The van der Waals surface area contributed by atoms with Gasteiger partial charge in [-0.15, -0.1) is 0 Å². The quantitative estimate of drug-likeness (QED) is 0.802. The molecule has 0 atom stereocenters. The number of hydrogen-bond acceptors (Lipinski definition) is 6. The van der Waals surface area contributed by atoms with Gasteiger partial charge in [0.15, 0.2) is 0 Å². The molecule has 0 fully saturated rings. The zero-order valence-electron chi connectivity index (χ0n) is 14.7. The second-order valence-corrected chi connectivity index (χ2v) is 8.51. The Morgan fingerprint density at radius 3 is 2.50 bits per heavy atom. The second-order valence-electron chi connectivity index (χ2n) is 6.43. The SMILES string of the molecule is CN(C)S(=O)(=O)c1ccc(COC(=O)c2cc3c(cc2O)CCCC3)o1. The molecule has 0 unspecified atom stereocenters. The van der Waals surface area contributed by atoms with Crippen LogP contribution in [0.3, 0.4) is 0 Å². The average molecular weight is 379 g/mol. The number of nitrogens with zero attached hydrogens (tertiary/aromatic N) is 1. The van der Waals surface area contributed by atoms with E-state index in [0.29, 0.717) is 0 Å². The Morgan fingerprint density at radius 1 is 1.19 bits per heavy atom. The normalized spacial score (nSPS) is 14.3.